The number of amides is 1. The SMILES string of the molecule is Nc1cccc(C(=O)NC(CC(=O)[O-])c2cccnc2)c1. The van der Waals surface area contributed by atoms with Gasteiger partial charge >= 0.3 is 0 Å². The van der Waals surface area contributed by atoms with Gasteiger partial charge in [-0.05, 0) is 29.8 Å². The van der Waals surface area contributed by atoms with Gasteiger partial charge in [0.15, 0.2) is 0 Å². The number of carboxylic acids is 1. The number of nitrogens with one attached hydrogen (secondary N) is 1. The van der Waals surface area contributed by atoms with Gasteiger partial charge in [-0.1, -0.05) is 12.1 Å². The van der Waals surface area contributed by atoms with E-state index in [1.54, 1.807) is 36.5 Å². The molecule has 0 aliphatic heterocycles. The van der Waals surface area contributed by atoms with Crippen molar-refractivity contribution in [3.05, 3.63) is 59.9 Å². The van der Waals surface area contributed by atoms with Gasteiger partial charge < -0.3 is 21.0 Å². The smallest absolute Gasteiger partial charge is 0.251 e. The molecule has 6 nitrogen and oxygen atoms in total. The molecule has 2 aromatic rings. The monoisotopic (exact) mass is 284 g/mol. The van der Waals surface area contributed by atoms with Gasteiger partial charge in [-0.2, -0.15) is 0 Å². The molecule has 21 heavy (non-hydrogen) atoms. The van der Waals surface area contributed by atoms with E-state index in [0.29, 0.717) is 16.8 Å². The second-order valence-corrected chi connectivity index (χ2v) is 4.51. The molecule has 0 aliphatic carbocycles. The number of nitrogen functional groups attached to an aromatic ring is 1. The van der Waals surface area contributed by atoms with Gasteiger partial charge in [0.25, 0.3) is 5.91 Å². The fourth-order valence-corrected chi connectivity index (χ4v) is 1.92. The van der Waals surface area contributed by atoms with Crippen LogP contribution < -0.4 is 16.2 Å². The van der Waals surface area contributed by atoms with Crippen LogP contribution in [0.3, 0.4) is 0 Å². The van der Waals surface area contributed by atoms with Crippen molar-refractivity contribution in [1.29, 1.82) is 0 Å². The van der Waals surface area contributed by atoms with Crippen molar-refractivity contribution >= 4 is 17.6 Å². The van der Waals surface area contributed by atoms with Crippen LogP contribution in [0.1, 0.15) is 28.4 Å². The van der Waals surface area contributed by atoms with Crippen molar-refractivity contribution in [2.24, 2.45) is 0 Å². The highest BCUT2D eigenvalue weighted by atomic mass is 16.4. The molecule has 108 valence electrons. The second-order valence-electron chi connectivity index (χ2n) is 4.51. The first kappa shape index (κ1) is 14.5. The summed E-state index contributed by atoms with van der Waals surface area (Å²) in [4.78, 5) is 26.9. The molecule has 0 fully saturated rings. The average Bonchev–Trinajstić information content (AvgIpc) is 2.47. The Balaban J connectivity index is 2.19. The van der Waals surface area contributed by atoms with E-state index in [4.69, 9.17) is 5.73 Å². The van der Waals surface area contributed by atoms with Gasteiger partial charge in [-0.25, -0.2) is 0 Å². The molecular formula is C15H14N3O3-. The Morgan fingerprint density at radius 1 is 1.29 bits per heavy atom. The molecule has 1 atom stereocenters. The summed E-state index contributed by atoms with van der Waals surface area (Å²) < 4.78 is 0. The van der Waals surface area contributed by atoms with Gasteiger partial charge in [-0.15, -0.1) is 0 Å². The lowest BCUT2D eigenvalue weighted by atomic mass is 10.0. The summed E-state index contributed by atoms with van der Waals surface area (Å²) in [5.41, 5.74) is 7.04. The molecule has 0 saturated heterocycles. The van der Waals surface area contributed by atoms with E-state index in [-0.39, 0.29) is 6.42 Å². The van der Waals surface area contributed by atoms with Crippen LogP contribution in [0.2, 0.25) is 0 Å². The van der Waals surface area contributed by atoms with Crippen LogP contribution in [0.25, 0.3) is 0 Å². The lowest BCUT2D eigenvalue weighted by Crippen LogP contribution is -2.34. The molecule has 1 amide bonds. The predicted octanol–water partition coefficient (Wildman–Crippen LogP) is 0.275. The third-order valence-electron chi connectivity index (χ3n) is 2.91. The van der Waals surface area contributed by atoms with Crippen molar-refractivity contribution < 1.29 is 14.7 Å². The number of aromatic nitrogens is 1. The second kappa shape index (κ2) is 6.51. The number of hydrogen-bond donors (Lipinski definition) is 2. The standard InChI is InChI=1S/C15H15N3O3/c16-12-5-1-3-10(7-12)15(21)18-13(8-14(19)20)11-4-2-6-17-9-11/h1-7,9,13H,8,16H2,(H,18,21)(H,19,20)/p-1. The fourth-order valence-electron chi connectivity index (χ4n) is 1.92. The Hall–Kier alpha value is -2.89. The zero-order chi connectivity index (χ0) is 15.2. The molecule has 1 aromatic carbocycles. The molecule has 2 rings (SSSR count). The fraction of sp³-hybridized carbons (Fsp3) is 0.133. The van der Waals surface area contributed by atoms with E-state index in [0.717, 1.165) is 0 Å². The van der Waals surface area contributed by atoms with E-state index < -0.39 is 17.9 Å². The Bertz CT molecular complexity index is 644. The molecule has 0 spiro atoms. The number of carboxylic acid groups (broad SMARTS) is 1. The van der Waals surface area contributed by atoms with E-state index in [9.17, 15) is 14.7 Å². The Kier molecular flexibility index (Phi) is 4.50. The summed E-state index contributed by atoms with van der Waals surface area (Å²) in [6.45, 7) is 0. The molecule has 0 radical (unpaired) electrons. The predicted molar refractivity (Wildman–Crippen MR) is 74.9 cm³/mol. The van der Waals surface area contributed by atoms with Gasteiger partial charge in [0.05, 0.1) is 6.04 Å². The highest BCUT2D eigenvalue weighted by molar-refractivity contribution is 5.95. The molecule has 0 saturated carbocycles. The van der Waals surface area contributed by atoms with Gasteiger partial charge in [0.2, 0.25) is 0 Å². The topological polar surface area (TPSA) is 108 Å². The number of anilines is 1. The molecule has 1 unspecified atom stereocenters. The average molecular weight is 284 g/mol. The lowest BCUT2D eigenvalue weighted by molar-refractivity contribution is -0.306. The summed E-state index contributed by atoms with van der Waals surface area (Å²) in [5, 5.41) is 13.5. The Morgan fingerprint density at radius 2 is 2.10 bits per heavy atom. The first-order valence-electron chi connectivity index (χ1n) is 6.32. The van der Waals surface area contributed by atoms with Gasteiger partial charge in [-0.3, -0.25) is 9.78 Å². The van der Waals surface area contributed by atoms with Gasteiger partial charge in [0, 0.05) is 36.0 Å². The molecule has 1 heterocycles. The first-order valence-corrected chi connectivity index (χ1v) is 6.32. The summed E-state index contributed by atoms with van der Waals surface area (Å²) in [6, 6.07) is 9.10. The summed E-state index contributed by atoms with van der Waals surface area (Å²) >= 11 is 0. The molecule has 1 aromatic heterocycles. The quantitative estimate of drug-likeness (QED) is 0.766. The Labute approximate surface area is 121 Å². The maximum Gasteiger partial charge on any atom is 0.251 e. The number of pyridine rings is 1. The Morgan fingerprint density at radius 3 is 2.71 bits per heavy atom. The van der Waals surface area contributed by atoms with E-state index >= 15 is 0 Å². The third kappa shape index (κ3) is 4.04. The zero-order valence-corrected chi connectivity index (χ0v) is 11.2. The first-order chi connectivity index (χ1) is 10.1. The number of nitrogens with two attached hydrogens (primary N) is 1. The van der Waals surface area contributed by atoms with Crippen molar-refractivity contribution in [2.75, 3.05) is 5.73 Å². The van der Waals surface area contributed by atoms with Crippen molar-refractivity contribution in [2.45, 2.75) is 12.5 Å². The molecular weight excluding hydrogens is 270 g/mol. The van der Waals surface area contributed by atoms with Crippen LogP contribution in [-0.4, -0.2) is 16.9 Å². The minimum absolute atomic E-state index is 0.334. The third-order valence-corrected chi connectivity index (χ3v) is 2.91. The van der Waals surface area contributed by atoms with Crippen LogP contribution in [-0.2, 0) is 4.79 Å². The van der Waals surface area contributed by atoms with Crippen LogP contribution in [0, 0.1) is 0 Å². The van der Waals surface area contributed by atoms with Gasteiger partial charge in [0.1, 0.15) is 0 Å². The van der Waals surface area contributed by atoms with Crippen molar-refractivity contribution in [3.8, 4) is 0 Å². The number of carbonyl (C=O) groups is 2. The number of hydrogen-bond acceptors (Lipinski definition) is 5. The molecule has 6 heteroatoms. The number of rotatable bonds is 5. The summed E-state index contributed by atoms with van der Waals surface area (Å²) in [5.74, 6) is -1.66. The number of aliphatic carboxylic acids is 1. The normalized spacial score (nSPS) is 11.6. The summed E-state index contributed by atoms with van der Waals surface area (Å²) in [7, 11) is 0. The van der Waals surface area contributed by atoms with Crippen LogP contribution in [0.15, 0.2) is 48.8 Å². The lowest BCUT2D eigenvalue weighted by Gasteiger charge is -2.19. The maximum absolute atomic E-state index is 12.2. The molecule has 3 N–H and O–H groups in total. The largest absolute Gasteiger partial charge is 0.550 e. The highest BCUT2D eigenvalue weighted by Crippen LogP contribution is 2.16. The minimum Gasteiger partial charge on any atom is -0.550 e. The highest BCUT2D eigenvalue weighted by Gasteiger charge is 2.16. The molecule has 0 aliphatic rings. The minimum atomic E-state index is -1.25. The van der Waals surface area contributed by atoms with Crippen LogP contribution in [0.4, 0.5) is 5.69 Å². The van der Waals surface area contributed by atoms with Crippen LogP contribution in [0.5, 0.6) is 0 Å². The van der Waals surface area contributed by atoms with Crippen molar-refractivity contribution in [3.63, 3.8) is 0 Å². The van der Waals surface area contributed by atoms with Crippen molar-refractivity contribution in [1.82, 2.24) is 10.3 Å². The van der Waals surface area contributed by atoms with E-state index in [2.05, 4.69) is 10.3 Å². The number of carbonyl (C=O) groups excluding carboxylic acids is 2. The molecule has 0 bridgehead atoms. The van der Waals surface area contributed by atoms with E-state index in [1.807, 2.05) is 0 Å². The number of nitrogens with zero attached hydrogens (tertiary/aromatic N) is 1. The van der Waals surface area contributed by atoms with Crippen LogP contribution >= 0.6 is 0 Å². The van der Waals surface area contributed by atoms with E-state index in [1.165, 1.54) is 12.3 Å². The summed E-state index contributed by atoms with van der Waals surface area (Å²) in [6.07, 6.45) is 2.74. The zero-order valence-electron chi connectivity index (χ0n) is 11.2. The maximum atomic E-state index is 12.2. The number of benzene rings is 1.